The van der Waals surface area contributed by atoms with Crippen molar-refractivity contribution in [3.05, 3.63) is 71.6 Å². The van der Waals surface area contributed by atoms with Crippen molar-refractivity contribution in [2.24, 2.45) is 0 Å². The molecule has 0 N–H and O–H groups in total. The van der Waals surface area contributed by atoms with E-state index >= 15 is 0 Å². The molecule has 10 heteroatoms. The minimum Gasteiger partial charge on any atom is -0.427 e. The predicted octanol–water partition coefficient (Wildman–Crippen LogP) is 3.36. The summed E-state index contributed by atoms with van der Waals surface area (Å²) in [5, 5.41) is 5.96. The van der Waals surface area contributed by atoms with E-state index < -0.39 is 5.97 Å². The van der Waals surface area contributed by atoms with E-state index in [1.807, 2.05) is 29.2 Å². The van der Waals surface area contributed by atoms with Gasteiger partial charge in [0.1, 0.15) is 17.9 Å². The maximum Gasteiger partial charge on any atom is 0.308 e. The summed E-state index contributed by atoms with van der Waals surface area (Å²) in [5.74, 6) is 0.749. The summed E-state index contributed by atoms with van der Waals surface area (Å²) >= 11 is 6.14. The first-order chi connectivity index (χ1) is 16.5. The van der Waals surface area contributed by atoms with Gasteiger partial charge in [0.25, 0.3) is 5.91 Å². The van der Waals surface area contributed by atoms with Crippen LogP contribution in [-0.2, 0) is 4.79 Å². The molecule has 1 aliphatic rings. The molecule has 5 rings (SSSR count). The summed E-state index contributed by atoms with van der Waals surface area (Å²) < 4.78 is 6.77. The van der Waals surface area contributed by atoms with Gasteiger partial charge in [0.15, 0.2) is 5.65 Å². The number of benzene rings is 2. The van der Waals surface area contributed by atoms with E-state index in [0.29, 0.717) is 48.2 Å². The van der Waals surface area contributed by atoms with E-state index in [1.165, 1.54) is 13.3 Å². The normalized spacial score (nSPS) is 13.8. The number of amides is 1. The topological polar surface area (TPSA) is 93.5 Å². The molecular formula is C24H21ClN6O3. The second-order valence-electron chi connectivity index (χ2n) is 7.87. The van der Waals surface area contributed by atoms with E-state index in [1.54, 1.807) is 35.1 Å². The van der Waals surface area contributed by atoms with Crippen molar-refractivity contribution in [1.82, 2.24) is 24.6 Å². The smallest absolute Gasteiger partial charge is 0.308 e. The molecule has 0 spiro atoms. The largest absolute Gasteiger partial charge is 0.427 e. The van der Waals surface area contributed by atoms with Crippen LogP contribution < -0.4 is 9.64 Å². The highest BCUT2D eigenvalue weighted by Crippen LogP contribution is 2.26. The van der Waals surface area contributed by atoms with Crippen molar-refractivity contribution >= 4 is 40.3 Å². The lowest BCUT2D eigenvalue weighted by Crippen LogP contribution is -2.49. The molecular weight excluding hydrogens is 456 g/mol. The van der Waals surface area contributed by atoms with Crippen LogP contribution >= 0.6 is 11.6 Å². The Hall–Kier alpha value is -3.98. The molecule has 1 amide bonds. The van der Waals surface area contributed by atoms with Crippen LogP contribution in [0.15, 0.2) is 61.1 Å². The molecule has 0 saturated carbocycles. The van der Waals surface area contributed by atoms with E-state index in [-0.39, 0.29) is 5.91 Å². The number of halogens is 1. The molecule has 3 heterocycles. The number of piperazine rings is 1. The summed E-state index contributed by atoms with van der Waals surface area (Å²) in [5.41, 5.74) is 2.07. The molecule has 0 bridgehead atoms. The molecule has 0 aliphatic carbocycles. The third-order valence-electron chi connectivity index (χ3n) is 5.63. The lowest BCUT2D eigenvalue weighted by atomic mass is 10.1. The third-order valence-corrected chi connectivity index (χ3v) is 5.86. The second-order valence-corrected chi connectivity index (χ2v) is 8.30. The number of hydrogen-bond acceptors (Lipinski definition) is 7. The predicted molar refractivity (Wildman–Crippen MR) is 128 cm³/mol. The number of hydrogen-bond donors (Lipinski definition) is 0. The van der Waals surface area contributed by atoms with Gasteiger partial charge in [-0.3, -0.25) is 9.59 Å². The molecule has 34 heavy (non-hydrogen) atoms. The summed E-state index contributed by atoms with van der Waals surface area (Å²) in [6.45, 7) is 3.71. The molecule has 2 aromatic carbocycles. The van der Waals surface area contributed by atoms with Crippen molar-refractivity contribution in [2.75, 3.05) is 31.1 Å². The number of rotatable bonds is 4. The Morgan fingerprint density at radius 2 is 1.76 bits per heavy atom. The first-order valence-electron chi connectivity index (χ1n) is 10.8. The Labute approximate surface area is 200 Å². The van der Waals surface area contributed by atoms with Crippen molar-refractivity contribution in [3.63, 3.8) is 0 Å². The molecule has 0 atom stereocenters. The number of anilines is 1. The van der Waals surface area contributed by atoms with Gasteiger partial charge in [-0.1, -0.05) is 17.7 Å². The number of carbonyl (C=O) groups is 2. The molecule has 9 nitrogen and oxygen atoms in total. The number of nitrogens with zero attached hydrogens (tertiary/aromatic N) is 6. The molecule has 2 aromatic heterocycles. The number of fused-ring (bicyclic) bond motifs is 1. The fourth-order valence-corrected chi connectivity index (χ4v) is 4.20. The van der Waals surface area contributed by atoms with Crippen LogP contribution in [0.4, 0.5) is 5.82 Å². The highest BCUT2D eigenvalue weighted by atomic mass is 35.5. The highest BCUT2D eigenvalue weighted by Gasteiger charge is 2.25. The first-order valence-corrected chi connectivity index (χ1v) is 11.1. The van der Waals surface area contributed by atoms with Gasteiger partial charge in [-0.25, -0.2) is 14.6 Å². The van der Waals surface area contributed by atoms with Crippen molar-refractivity contribution in [2.45, 2.75) is 6.92 Å². The molecule has 0 radical (unpaired) electrons. The van der Waals surface area contributed by atoms with E-state index in [0.717, 1.165) is 16.9 Å². The van der Waals surface area contributed by atoms with Crippen LogP contribution in [0.5, 0.6) is 5.75 Å². The van der Waals surface area contributed by atoms with Gasteiger partial charge in [-0.05, 0) is 42.5 Å². The van der Waals surface area contributed by atoms with Gasteiger partial charge in [0.2, 0.25) is 0 Å². The van der Waals surface area contributed by atoms with E-state index in [4.69, 9.17) is 16.3 Å². The fourth-order valence-electron chi connectivity index (χ4n) is 4.02. The zero-order valence-corrected chi connectivity index (χ0v) is 19.1. The van der Waals surface area contributed by atoms with Crippen LogP contribution in [0.3, 0.4) is 0 Å². The zero-order valence-electron chi connectivity index (χ0n) is 18.4. The monoisotopic (exact) mass is 476 g/mol. The Balaban J connectivity index is 1.30. The summed E-state index contributed by atoms with van der Waals surface area (Å²) in [4.78, 5) is 36.9. The molecule has 172 valence electrons. The van der Waals surface area contributed by atoms with Gasteiger partial charge in [-0.2, -0.15) is 5.10 Å². The van der Waals surface area contributed by atoms with Gasteiger partial charge in [0, 0.05) is 43.7 Å². The SMILES string of the molecule is CC(=O)Oc1ccc(C(=O)N2CCN(c3ncnc4c3cnn4-c3cccc(Cl)c3)CC2)cc1. The minimum absolute atomic E-state index is 0.0596. The number of esters is 1. The maximum absolute atomic E-state index is 12.9. The van der Waals surface area contributed by atoms with Crippen molar-refractivity contribution in [1.29, 1.82) is 0 Å². The average Bonchev–Trinajstić information content (AvgIpc) is 3.28. The van der Waals surface area contributed by atoms with E-state index in [9.17, 15) is 9.59 Å². The number of aromatic nitrogens is 4. The van der Waals surface area contributed by atoms with Crippen LogP contribution in [0.25, 0.3) is 16.7 Å². The van der Waals surface area contributed by atoms with Crippen LogP contribution in [0, 0.1) is 0 Å². The maximum atomic E-state index is 12.9. The van der Waals surface area contributed by atoms with E-state index in [2.05, 4.69) is 20.0 Å². The summed E-state index contributed by atoms with van der Waals surface area (Å²) in [6.07, 6.45) is 3.29. The van der Waals surface area contributed by atoms with Crippen molar-refractivity contribution < 1.29 is 14.3 Å². The molecule has 4 aromatic rings. The fraction of sp³-hybridized carbons (Fsp3) is 0.208. The standard InChI is InChI=1S/C24H21ClN6O3/c1-16(32)34-20-7-5-17(6-8-20)24(33)30-11-9-29(10-12-30)22-21-14-28-31(23(21)27-15-26-22)19-4-2-3-18(25)13-19/h2-8,13-15H,9-12H2,1H3. The van der Waals surface area contributed by atoms with Gasteiger partial charge in [0.05, 0.1) is 17.3 Å². The van der Waals surface area contributed by atoms with Gasteiger partial charge >= 0.3 is 5.97 Å². The van der Waals surface area contributed by atoms with Crippen LogP contribution in [-0.4, -0.2) is 62.7 Å². The quantitative estimate of drug-likeness (QED) is 0.329. The van der Waals surface area contributed by atoms with Gasteiger partial charge in [-0.15, -0.1) is 0 Å². The average molecular weight is 477 g/mol. The zero-order chi connectivity index (χ0) is 23.7. The molecule has 1 fully saturated rings. The Morgan fingerprint density at radius 3 is 2.47 bits per heavy atom. The highest BCUT2D eigenvalue weighted by molar-refractivity contribution is 6.30. The van der Waals surface area contributed by atoms with Crippen LogP contribution in [0.1, 0.15) is 17.3 Å². The number of carbonyl (C=O) groups excluding carboxylic acids is 2. The Bertz CT molecular complexity index is 1360. The lowest BCUT2D eigenvalue weighted by molar-refractivity contribution is -0.131. The van der Waals surface area contributed by atoms with Gasteiger partial charge < -0.3 is 14.5 Å². The third kappa shape index (κ3) is 4.29. The Morgan fingerprint density at radius 1 is 1.00 bits per heavy atom. The minimum atomic E-state index is -0.396. The lowest BCUT2D eigenvalue weighted by Gasteiger charge is -2.35. The molecule has 0 unspecified atom stereocenters. The summed E-state index contributed by atoms with van der Waals surface area (Å²) in [6, 6.07) is 14.0. The van der Waals surface area contributed by atoms with Crippen molar-refractivity contribution in [3.8, 4) is 11.4 Å². The molecule has 1 saturated heterocycles. The van der Waals surface area contributed by atoms with Crippen LogP contribution in [0.2, 0.25) is 5.02 Å². The molecule has 1 aliphatic heterocycles. The second kappa shape index (κ2) is 9.11. The first kappa shape index (κ1) is 21.8. The number of ether oxygens (including phenoxy) is 1. The Kier molecular flexibility index (Phi) is 5.85. The summed E-state index contributed by atoms with van der Waals surface area (Å²) in [7, 11) is 0.